The van der Waals surface area contributed by atoms with Gasteiger partial charge in [-0.3, -0.25) is 0 Å². The fraction of sp³-hybridized carbons (Fsp3) is 0.600. The van der Waals surface area contributed by atoms with Gasteiger partial charge < -0.3 is 24.8 Å². The number of carbonyl (C=O) groups excluding carboxylic acids is 2. The molecule has 206 valence electrons. The second kappa shape index (κ2) is 18.3. The number of unbranched alkanes of at least 4 members (excludes halogenated alkanes) is 9. The first-order valence-electron chi connectivity index (χ1n) is 14.2. The van der Waals surface area contributed by atoms with Crippen molar-refractivity contribution >= 4 is 23.0 Å². The van der Waals surface area contributed by atoms with Gasteiger partial charge in [-0.1, -0.05) is 103 Å². The highest BCUT2D eigenvalue weighted by Crippen LogP contribution is 2.42. The largest absolute Gasteiger partial charge is 0.490 e. The van der Waals surface area contributed by atoms with Crippen molar-refractivity contribution in [1.82, 2.24) is 10.6 Å². The zero-order chi connectivity index (χ0) is 26.7. The average Bonchev–Trinajstić information content (AvgIpc) is 2.90. The molecule has 0 aliphatic carbocycles. The van der Waals surface area contributed by atoms with Crippen LogP contribution in [0.1, 0.15) is 97.8 Å². The predicted molar refractivity (Wildman–Crippen MR) is 150 cm³/mol. The Morgan fingerprint density at radius 3 is 1.78 bits per heavy atom. The van der Waals surface area contributed by atoms with E-state index in [1.807, 2.05) is 24.3 Å². The van der Waals surface area contributed by atoms with Crippen LogP contribution in [0.15, 0.2) is 30.3 Å². The van der Waals surface area contributed by atoms with E-state index in [9.17, 15) is 9.59 Å². The Hall–Kier alpha value is -2.96. The first-order valence-corrected chi connectivity index (χ1v) is 14.2. The number of nitrogens with one attached hydrogen (secondary N) is 2. The Labute approximate surface area is 222 Å². The summed E-state index contributed by atoms with van der Waals surface area (Å²) < 4.78 is 17.6. The lowest BCUT2D eigenvalue weighted by Gasteiger charge is -2.17. The van der Waals surface area contributed by atoms with Crippen LogP contribution in [-0.4, -0.2) is 31.9 Å². The molecule has 0 aliphatic rings. The molecule has 7 nitrogen and oxygen atoms in total. The second-order valence-corrected chi connectivity index (χ2v) is 9.41. The maximum absolute atomic E-state index is 12.6. The highest BCUT2D eigenvalue weighted by molar-refractivity contribution is 5.98. The quantitative estimate of drug-likeness (QED) is 0.196. The smallest absolute Gasteiger partial charge is 0.412 e. The van der Waals surface area contributed by atoms with E-state index in [0.717, 1.165) is 77.0 Å². The van der Waals surface area contributed by atoms with Gasteiger partial charge in [-0.25, -0.2) is 9.59 Å². The molecule has 0 atom stereocenters. The van der Waals surface area contributed by atoms with Gasteiger partial charge in [-0.05, 0) is 19.3 Å². The first-order chi connectivity index (χ1) is 18.1. The third-order valence-electron chi connectivity index (χ3n) is 6.18. The van der Waals surface area contributed by atoms with E-state index in [1.165, 1.54) is 0 Å². The monoisotopic (exact) mass is 514 g/mol. The van der Waals surface area contributed by atoms with E-state index in [1.54, 1.807) is 6.07 Å². The van der Waals surface area contributed by atoms with Gasteiger partial charge in [-0.15, -0.1) is 0 Å². The van der Waals surface area contributed by atoms with Crippen LogP contribution < -0.4 is 24.8 Å². The molecule has 2 rings (SSSR count). The molecule has 2 N–H and O–H groups in total. The van der Waals surface area contributed by atoms with Crippen LogP contribution in [0.4, 0.5) is 9.59 Å². The third-order valence-corrected chi connectivity index (χ3v) is 6.18. The van der Waals surface area contributed by atoms with E-state index >= 15 is 0 Å². The molecule has 2 aromatic carbocycles. The van der Waals surface area contributed by atoms with Crippen LogP contribution >= 0.6 is 0 Å². The molecule has 0 bridgehead atoms. The van der Waals surface area contributed by atoms with Gasteiger partial charge in [0.2, 0.25) is 0 Å². The molecule has 0 unspecified atom stereocenters. The molecule has 0 spiro atoms. The highest BCUT2D eigenvalue weighted by Gasteiger charge is 2.20. The Morgan fingerprint density at radius 2 is 1.19 bits per heavy atom. The van der Waals surface area contributed by atoms with E-state index in [0.29, 0.717) is 47.7 Å². The molecule has 0 aromatic heterocycles. The van der Waals surface area contributed by atoms with Gasteiger partial charge in [0.15, 0.2) is 11.5 Å². The minimum Gasteiger partial charge on any atom is -0.490 e. The molecule has 0 saturated heterocycles. The standard InChI is InChI=1S/C30H46N2O5/c1-4-7-10-15-20-31-29(33)36-26-23-27(35-22-17-12-9-6-3)28(25-19-14-13-18-24(25)26)37-30(34)32-21-16-11-8-5-2/h13-14,18-19,23H,4-12,15-17,20-22H2,1-3H3,(H,31,33)(H,32,34). The fourth-order valence-corrected chi connectivity index (χ4v) is 4.05. The number of ether oxygens (including phenoxy) is 3. The van der Waals surface area contributed by atoms with Crippen LogP contribution in [-0.2, 0) is 0 Å². The van der Waals surface area contributed by atoms with E-state index in [-0.39, 0.29) is 0 Å². The average molecular weight is 515 g/mol. The molecule has 2 aromatic rings. The summed E-state index contributed by atoms with van der Waals surface area (Å²) in [6.45, 7) is 8.08. The number of rotatable bonds is 18. The lowest BCUT2D eigenvalue weighted by atomic mass is 10.1. The van der Waals surface area contributed by atoms with Crippen molar-refractivity contribution < 1.29 is 23.8 Å². The van der Waals surface area contributed by atoms with Gasteiger partial charge in [0.25, 0.3) is 0 Å². The maximum Gasteiger partial charge on any atom is 0.412 e. The van der Waals surface area contributed by atoms with Crippen LogP contribution in [0.5, 0.6) is 17.2 Å². The first kappa shape index (κ1) is 30.3. The predicted octanol–water partition coefficient (Wildman–Crippen LogP) is 8.14. The summed E-state index contributed by atoms with van der Waals surface area (Å²) >= 11 is 0. The summed E-state index contributed by atoms with van der Waals surface area (Å²) in [6, 6.07) is 9.07. The van der Waals surface area contributed by atoms with Crippen LogP contribution in [0.3, 0.4) is 0 Å². The summed E-state index contributed by atoms with van der Waals surface area (Å²) in [5.74, 6) is 1.10. The Bertz CT molecular complexity index is 947. The van der Waals surface area contributed by atoms with Crippen molar-refractivity contribution in [2.24, 2.45) is 0 Å². The summed E-state index contributed by atoms with van der Waals surface area (Å²) in [5.41, 5.74) is 0. The van der Waals surface area contributed by atoms with Gasteiger partial charge in [-0.2, -0.15) is 0 Å². The van der Waals surface area contributed by atoms with Gasteiger partial charge in [0.05, 0.1) is 6.61 Å². The van der Waals surface area contributed by atoms with Gasteiger partial charge >= 0.3 is 12.2 Å². The Morgan fingerprint density at radius 1 is 0.649 bits per heavy atom. The van der Waals surface area contributed by atoms with Gasteiger partial charge in [0.1, 0.15) is 5.75 Å². The lowest BCUT2D eigenvalue weighted by Crippen LogP contribution is -2.28. The van der Waals surface area contributed by atoms with E-state index < -0.39 is 12.2 Å². The number of fused-ring (bicyclic) bond motifs is 1. The van der Waals surface area contributed by atoms with Crippen LogP contribution in [0, 0.1) is 0 Å². The summed E-state index contributed by atoms with van der Waals surface area (Å²) in [6.07, 6.45) is 11.7. The molecule has 0 fully saturated rings. The van der Waals surface area contributed by atoms with Crippen LogP contribution in [0.25, 0.3) is 10.8 Å². The van der Waals surface area contributed by atoms with Crippen molar-refractivity contribution in [2.45, 2.75) is 97.8 Å². The molecular formula is C30H46N2O5. The lowest BCUT2D eigenvalue weighted by molar-refractivity contribution is 0.195. The van der Waals surface area contributed by atoms with Gasteiger partial charge in [0, 0.05) is 29.9 Å². The molecule has 2 amide bonds. The zero-order valence-corrected chi connectivity index (χ0v) is 23.0. The van der Waals surface area contributed by atoms with Crippen molar-refractivity contribution in [3.05, 3.63) is 30.3 Å². The molecular weight excluding hydrogens is 468 g/mol. The van der Waals surface area contributed by atoms with E-state index in [4.69, 9.17) is 14.2 Å². The van der Waals surface area contributed by atoms with Crippen molar-refractivity contribution in [1.29, 1.82) is 0 Å². The minimum atomic E-state index is -0.518. The SMILES string of the molecule is CCCCCCNC(=O)Oc1cc(OCCCCCC)c(OC(=O)NCCCCCC)c2ccccc12. The Kier molecular flexibility index (Phi) is 15.0. The fourth-order valence-electron chi connectivity index (χ4n) is 4.05. The molecule has 37 heavy (non-hydrogen) atoms. The summed E-state index contributed by atoms with van der Waals surface area (Å²) in [4.78, 5) is 25.1. The number of hydrogen-bond donors (Lipinski definition) is 2. The van der Waals surface area contributed by atoms with Crippen molar-refractivity contribution in [2.75, 3.05) is 19.7 Å². The Balaban J connectivity index is 2.20. The number of hydrogen-bond acceptors (Lipinski definition) is 5. The van der Waals surface area contributed by atoms with Crippen LogP contribution in [0.2, 0.25) is 0 Å². The molecule has 7 heteroatoms. The van der Waals surface area contributed by atoms with Crippen molar-refractivity contribution in [3.8, 4) is 17.2 Å². The molecule has 0 heterocycles. The van der Waals surface area contributed by atoms with E-state index in [2.05, 4.69) is 31.4 Å². The maximum atomic E-state index is 12.6. The number of benzene rings is 2. The topological polar surface area (TPSA) is 85.9 Å². The summed E-state index contributed by atoms with van der Waals surface area (Å²) in [7, 11) is 0. The normalized spacial score (nSPS) is 10.8. The zero-order valence-electron chi connectivity index (χ0n) is 23.0. The molecule has 0 aliphatic heterocycles. The second-order valence-electron chi connectivity index (χ2n) is 9.41. The molecule has 0 radical (unpaired) electrons. The van der Waals surface area contributed by atoms with Crippen molar-refractivity contribution in [3.63, 3.8) is 0 Å². The number of amides is 2. The number of carbonyl (C=O) groups is 2. The third kappa shape index (κ3) is 11.3. The highest BCUT2D eigenvalue weighted by atomic mass is 16.6. The minimum absolute atomic E-state index is 0.337. The summed E-state index contributed by atoms with van der Waals surface area (Å²) in [5, 5.41) is 6.99. The molecule has 0 saturated carbocycles.